The van der Waals surface area contributed by atoms with Crippen molar-refractivity contribution in [2.24, 2.45) is 0 Å². The molecule has 0 saturated carbocycles. The molecular weight excluding hydrogens is 347 g/mol. The summed E-state index contributed by atoms with van der Waals surface area (Å²) in [7, 11) is -1.66. The zero-order chi connectivity index (χ0) is 15.8. The van der Waals surface area contributed by atoms with E-state index >= 15 is 0 Å². The number of fused-ring (bicyclic) bond motifs is 1. The monoisotopic (exact) mass is 372 g/mol. The molecule has 118 valence electrons. The average molecular weight is 373 g/mol. The number of rotatable bonds is 4. The maximum absolute atomic E-state index is 13.4. The molecule has 0 radical (unpaired) electrons. The Morgan fingerprint density at radius 3 is 2.62 bits per heavy atom. The Labute approximate surface area is 137 Å². The molecule has 0 saturated heterocycles. The van der Waals surface area contributed by atoms with Crippen LogP contribution in [-0.4, -0.2) is 14.9 Å². The molecule has 1 aromatic rings. The van der Waals surface area contributed by atoms with Crippen molar-refractivity contribution in [2.75, 3.05) is 6.61 Å². The highest BCUT2D eigenvalue weighted by molar-refractivity contribution is 9.10. The minimum atomic E-state index is -1.66. The second kappa shape index (κ2) is 6.13. The Bertz CT molecular complexity index is 522. The molecule has 0 bridgehead atoms. The first-order chi connectivity index (χ1) is 9.62. The largest absolute Gasteiger partial charge is 0.417 e. The van der Waals surface area contributed by atoms with Gasteiger partial charge in [-0.25, -0.2) is 4.39 Å². The van der Waals surface area contributed by atoms with E-state index in [4.69, 9.17) is 4.43 Å². The van der Waals surface area contributed by atoms with Gasteiger partial charge in [0.1, 0.15) is 5.82 Å². The molecule has 0 heterocycles. The van der Waals surface area contributed by atoms with Crippen molar-refractivity contribution < 1.29 is 8.82 Å². The molecule has 2 rings (SSSR count). The molecule has 1 aliphatic rings. The van der Waals surface area contributed by atoms with Crippen molar-refractivity contribution in [1.82, 2.24) is 0 Å². The van der Waals surface area contributed by atoms with Gasteiger partial charge in [-0.1, -0.05) is 36.7 Å². The fourth-order valence-corrected chi connectivity index (χ4v) is 4.60. The Hall–Kier alpha value is -0.193. The summed E-state index contributed by atoms with van der Waals surface area (Å²) in [4.78, 5) is 0. The third-order valence-corrected chi connectivity index (χ3v) is 10.3. The molecule has 0 aliphatic heterocycles. The lowest BCUT2D eigenvalue weighted by atomic mass is 9.98. The van der Waals surface area contributed by atoms with E-state index in [0.717, 1.165) is 30.3 Å². The van der Waals surface area contributed by atoms with Gasteiger partial charge < -0.3 is 4.43 Å². The van der Waals surface area contributed by atoms with Gasteiger partial charge in [-0.05, 0) is 66.6 Å². The van der Waals surface area contributed by atoms with Gasteiger partial charge in [-0.15, -0.1) is 0 Å². The SMILES string of the molecule is CC(C)(C)[Si](C)(C)OCCC1CCc2cc(F)cc(Br)c21. The van der Waals surface area contributed by atoms with Gasteiger partial charge in [0, 0.05) is 11.1 Å². The Morgan fingerprint density at radius 1 is 1.33 bits per heavy atom. The summed E-state index contributed by atoms with van der Waals surface area (Å²) in [6.07, 6.45) is 3.12. The lowest BCUT2D eigenvalue weighted by Crippen LogP contribution is -2.41. The van der Waals surface area contributed by atoms with Crippen molar-refractivity contribution in [3.05, 3.63) is 33.5 Å². The van der Waals surface area contributed by atoms with Crippen LogP contribution in [0.5, 0.6) is 0 Å². The Balaban J connectivity index is 1.99. The smallest absolute Gasteiger partial charge is 0.191 e. The maximum atomic E-state index is 13.4. The Morgan fingerprint density at radius 2 is 2.00 bits per heavy atom. The van der Waals surface area contributed by atoms with Crippen molar-refractivity contribution in [3.8, 4) is 0 Å². The summed E-state index contributed by atoms with van der Waals surface area (Å²) in [5, 5.41) is 0.254. The first kappa shape index (κ1) is 17.2. The van der Waals surface area contributed by atoms with Crippen LogP contribution >= 0.6 is 15.9 Å². The number of hydrogen-bond acceptors (Lipinski definition) is 1. The van der Waals surface area contributed by atoms with E-state index < -0.39 is 8.32 Å². The van der Waals surface area contributed by atoms with Gasteiger partial charge in [-0.3, -0.25) is 0 Å². The molecule has 1 aliphatic carbocycles. The summed E-state index contributed by atoms with van der Waals surface area (Å²) < 4.78 is 20.6. The van der Waals surface area contributed by atoms with Gasteiger partial charge in [0.15, 0.2) is 8.32 Å². The van der Waals surface area contributed by atoms with Gasteiger partial charge in [-0.2, -0.15) is 0 Å². The zero-order valence-electron chi connectivity index (χ0n) is 13.7. The molecule has 0 spiro atoms. The summed E-state index contributed by atoms with van der Waals surface area (Å²) in [5.74, 6) is 0.360. The minimum absolute atomic E-state index is 0.140. The molecule has 4 heteroatoms. The molecule has 1 nitrogen and oxygen atoms in total. The predicted molar refractivity (Wildman–Crippen MR) is 92.9 cm³/mol. The lowest BCUT2D eigenvalue weighted by molar-refractivity contribution is 0.271. The van der Waals surface area contributed by atoms with Crippen LogP contribution in [0, 0.1) is 5.82 Å². The quantitative estimate of drug-likeness (QED) is 0.586. The normalized spacial score (nSPS) is 18.9. The number of hydrogen-bond donors (Lipinski definition) is 0. The van der Waals surface area contributed by atoms with Gasteiger partial charge in [0.2, 0.25) is 0 Å². The van der Waals surface area contributed by atoms with Crippen LogP contribution in [-0.2, 0) is 10.8 Å². The van der Waals surface area contributed by atoms with Crippen LogP contribution in [0.25, 0.3) is 0 Å². The van der Waals surface area contributed by atoms with Gasteiger partial charge in [0.25, 0.3) is 0 Å². The molecule has 1 aromatic carbocycles. The first-order valence-electron chi connectivity index (χ1n) is 7.73. The van der Waals surface area contributed by atoms with Gasteiger partial charge >= 0.3 is 0 Å². The second-order valence-corrected chi connectivity index (χ2v) is 13.3. The van der Waals surface area contributed by atoms with Crippen LogP contribution in [0.15, 0.2) is 16.6 Å². The van der Waals surface area contributed by atoms with Crippen LogP contribution in [0.2, 0.25) is 18.1 Å². The number of benzene rings is 1. The standard InChI is InChI=1S/C17H26BrFOSi/c1-17(2,3)21(4,5)20-9-8-12-6-7-13-10-14(19)11-15(18)16(12)13/h10-12H,6-9H2,1-5H3. The molecule has 0 amide bonds. The lowest BCUT2D eigenvalue weighted by Gasteiger charge is -2.36. The highest BCUT2D eigenvalue weighted by atomic mass is 79.9. The number of aryl methyl sites for hydroxylation is 1. The molecular formula is C17H26BrFOSi. The van der Waals surface area contributed by atoms with Crippen LogP contribution < -0.4 is 0 Å². The van der Waals surface area contributed by atoms with Crippen molar-refractivity contribution in [2.45, 2.75) is 64.1 Å². The van der Waals surface area contributed by atoms with E-state index in [0.29, 0.717) is 5.92 Å². The second-order valence-electron chi connectivity index (χ2n) is 7.59. The summed E-state index contributed by atoms with van der Waals surface area (Å²) in [5.41, 5.74) is 2.47. The summed E-state index contributed by atoms with van der Waals surface area (Å²) >= 11 is 3.53. The average Bonchev–Trinajstić information content (AvgIpc) is 2.70. The van der Waals surface area contributed by atoms with Gasteiger partial charge in [0.05, 0.1) is 0 Å². The third kappa shape index (κ3) is 3.77. The van der Waals surface area contributed by atoms with Crippen molar-refractivity contribution >= 4 is 24.2 Å². The van der Waals surface area contributed by atoms with Crippen LogP contribution in [0.3, 0.4) is 0 Å². The van der Waals surface area contributed by atoms with Crippen molar-refractivity contribution in [1.29, 1.82) is 0 Å². The van der Waals surface area contributed by atoms with E-state index in [-0.39, 0.29) is 10.9 Å². The predicted octanol–water partition coefficient (Wildman–Crippen LogP) is 6.03. The molecule has 1 unspecified atom stereocenters. The third-order valence-electron chi connectivity index (χ3n) is 5.09. The zero-order valence-corrected chi connectivity index (χ0v) is 16.3. The fraction of sp³-hybridized carbons (Fsp3) is 0.647. The van der Waals surface area contributed by atoms with Crippen LogP contribution in [0.1, 0.15) is 50.7 Å². The van der Waals surface area contributed by atoms with E-state index in [2.05, 4.69) is 49.8 Å². The summed E-state index contributed by atoms with van der Waals surface area (Å²) in [6, 6.07) is 3.28. The summed E-state index contributed by atoms with van der Waals surface area (Å²) in [6.45, 7) is 12.2. The first-order valence-corrected chi connectivity index (χ1v) is 11.4. The van der Waals surface area contributed by atoms with E-state index in [1.807, 2.05) is 0 Å². The number of halogens is 2. The maximum Gasteiger partial charge on any atom is 0.191 e. The highest BCUT2D eigenvalue weighted by Gasteiger charge is 2.37. The minimum Gasteiger partial charge on any atom is -0.417 e. The molecule has 0 aromatic heterocycles. The molecule has 0 fully saturated rings. The molecule has 0 N–H and O–H groups in total. The van der Waals surface area contributed by atoms with Crippen molar-refractivity contribution in [3.63, 3.8) is 0 Å². The molecule has 21 heavy (non-hydrogen) atoms. The topological polar surface area (TPSA) is 9.23 Å². The van der Waals surface area contributed by atoms with E-state index in [1.165, 1.54) is 11.1 Å². The van der Waals surface area contributed by atoms with Crippen LogP contribution in [0.4, 0.5) is 4.39 Å². The Kier molecular flexibility index (Phi) is 5.01. The van der Waals surface area contributed by atoms with E-state index in [9.17, 15) is 4.39 Å². The molecule has 1 atom stereocenters. The van der Waals surface area contributed by atoms with E-state index in [1.54, 1.807) is 12.1 Å². The highest BCUT2D eigenvalue weighted by Crippen LogP contribution is 2.41. The fourth-order valence-electron chi connectivity index (χ4n) is 2.74.